The number of methoxy groups -OCH3 is 1. The number of aromatic nitrogens is 3. The van der Waals surface area contributed by atoms with Crippen LogP contribution in [0.3, 0.4) is 0 Å². The smallest absolute Gasteiger partial charge is 0.210 e. The minimum Gasteiger partial charge on any atom is -0.495 e. The van der Waals surface area contributed by atoms with Gasteiger partial charge >= 0.3 is 0 Å². The maximum absolute atomic E-state index is 12.7. The summed E-state index contributed by atoms with van der Waals surface area (Å²) in [6.45, 7) is 8.44. The maximum atomic E-state index is 12.7. The lowest BCUT2D eigenvalue weighted by Crippen LogP contribution is -2.06. The third-order valence-electron chi connectivity index (χ3n) is 4.27. The van der Waals surface area contributed by atoms with Crippen molar-refractivity contribution < 1.29 is 9.53 Å². The van der Waals surface area contributed by atoms with E-state index in [0.29, 0.717) is 17.4 Å². The summed E-state index contributed by atoms with van der Waals surface area (Å²) < 4.78 is 8.16. The first kappa shape index (κ1) is 20.2. The molecule has 8 heteroatoms. The van der Waals surface area contributed by atoms with Crippen molar-refractivity contribution in [2.45, 2.75) is 24.7 Å². The zero-order valence-corrected chi connectivity index (χ0v) is 17.7. The molecular weight excluding hydrogens is 392 g/mol. The fourth-order valence-electron chi connectivity index (χ4n) is 2.88. The van der Waals surface area contributed by atoms with Gasteiger partial charge in [0.2, 0.25) is 5.13 Å². The lowest BCUT2D eigenvalue weighted by molar-refractivity contribution is 0.102. The Hall–Kier alpha value is -2.58. The Labute approximate surface area is 172 Å². The maximum Gasteiger partial charge on any atom is 0.210 e. The molecule has 1 N–H and O–H groups in total. The van der Waals surface area contributed by atoms with Gasteiger partial charge in [-0.1, -0.05) is 41.3 Å². The van der Waals surface area contributed by atoms with Crippen LogP contribution in [0.25, 0.3) is 0 Å². The molecule has 0 aliphatic rings. The molecule has 6 nitrogen and oxygen atoms in total. The van der Waals surface area contributed by atoms with Gasteiger partial charge in [0.25, 0.3) is 0 Å². The van der Waals surface area contributed by atoms with E-state index in [0.717, 1.165) is 32.7 Å². The summed E-state index contributed by atoms with van der Waals surface area (Å²) in [7, 11) is 1.62. The number of ketones is 1. The molecule has 0 saturated carbocycles. The second-order valence-corrected chi connectivity index (χ2v) is 8.29. The first-order chi connectivity index (χ1) is 13.5. The molecule has 2 heterocycles. The fourth-order valence-corrected chi connectivity index (χ4v) is 4.53. The molecule has 0 fully saturated rings. The summed E-state index contributed by atoms with van der Waals surface area (Å²) in [5.41, 5.74) is 3.61. The minimum atomic E-state index is 0.0860. The summed E-state index contributed by atoms with van der Waals surface area (Å²) in [6.07, 6.45) is 1.83. The second kappa shape index (κ2) is 9.07. The van der Waals surface area contributed by atoms with E-state index in [-0.39, 0.29) is 5.78 Å². The molecule has 2 aromatic heterocycles. The molecule has 3 rings (SSSR count). The van der Waals surface area contributed by atoms with Gasteiger partial charge in [0.05, 0.1) is 18.6 Å². The zero-order chi connectivity index (χ0) is 20.1. The number of allylic oxidation sites excluding steroid dienone is 1. The van der Waals surface area contributed by atoms with E-state index in [4.69, 9.17) is 4.74 Å². The van der Waals surface area contributed by atoms with Gasteiger partial charge < -0.3 is 14.6 Å². The molecule has 0 saturated heterocycles. The third-order valence-corrected chi connectivity index (χ3v) is 6.24. The van der Waals surface area contributed by atoms with Gasteiger partial charge in [0, 0.05) is 23.5 Å². The Kier molecular flexibility index (Phi) is 6.53. The molecule has 0 radical (unpaired) electrons. The van der Waals surface area contributed by atoms with Gasteiger partial charge in [-0.2, -0.15) is 0 Å². The number of nitrogens with zero attached hydrogens (tertiary/aromatic N) is 3. The molecule has 0 unspecified atom stereocenters. The van der Waals surface area contributed by atoms with E-state index in [2.05, 4.69) is 26.7 Å². The molecule has 0 aliphatic carbocycles. The quantitative estimate of drug-likeness (QED) is 0.306. The highest BCUT2D eigenvalue weighted by atomic mass is 32.2. The standard InChI is InChI=1S/C20H22N4O2S2/c1-5-10-24-13(2)11-15(14(24)3)17(25)12-27-20-23-22-19(28-20)21-16-8-6-7-9-18(16)26-4/h5-9,11H,1,10,12H2,2-4H3,(H,21,22). The van der Waals surface area contributed by atoms with Crippen LogP contribution < -0.4 is 10.1 Å². The fraction of sp³-hybridized carbons (Fsp3) is 0.250. The largest absolute Gasteiger partial charge is 0.495 e. The van der Waals surface area contributed by atoms with Crippen LogP contribution in [0.2, 0.25) is 0 Å². The van der Waals surface area contributed by atoms with Crippen LogP contribution in [-0.2, 0) is 6.54 Å². The molecule has 1 aromatic carbocycles. The number of benzene rings is 1. The molecule has 0 amide bonds. The number of ether oxygens (including phenoxy) is 1. The summed E-state index contributed by atoms with van der Waals surface area (Å²) in [4.78, 5) is 12.7. The van der Waals surface area contributed by atoms with Crippen molar-refractivity contribution in [2.75, 3.05) is 18.2 Å². The zero-order valence-electron chi connectivity index (χ0n) is 16.1. The number of hydrogen-bond acceptors (Lipinski definition) is 7. The Morgan fingerprint density at radius 1 is 1.36 bits per heavy atom. The normalized spacial score (nSPS) is 10.7. The number of anilines is 2. The first-order valence-electron chi connectivity index (χ1n) is 8.70. The Morgan fingerprint density at radius 2 is 2.14 bits per heavy atom. The average molecular weight is 415 g/mol. The van der Waals surface area contributed by atoms with E-state index in [9.17, 15) is 4.79 Å². The van der Waals surface area contributed by atoms with Crippen molar-refractivity contribution in [3.63, 3.8) is 0 Å². The molecule has 0 atom stereocenters. The predicted octanol–water partition coefficient (Wildman–Crippen LogP) is 4.87. The van der Waals surface area contributed by atoms with E-state index in [1.165, 1.54) is 23.1 Å². The topological polar surface area (TPSA) is 69.0 Å². The van der Waals surface area contributed by atoms with Crippen LogP contribution in [0.15, 0.2) is 47.3 Å². The van der Waals surface area contributed by atoms with Crippen molar-refractivity contribution in [1.82, 2.24) is 14.8 Å². The second-order valence-electron chi connectivity index (χ2n) is 6.09. The lowest BCUT2D eigenvalue weighted by Gasteiger charge is -2.07. The molecular formula is C20H22N4O2S2. The van der Waals surface area contributed by atoms with Crippen molar-refractivity contribution in [1.29, 1.82) is 0 Å². The van der Waals surface area contributed by atoms with Crippen molar-refractivity contribution in [2.24, 2.45) is 0 Å². The van der Waals surface area contributed by atoms with E-state index < -0.39 is 0 Å². The highest BCUT2D eigenvalue weighted by Crippen LogP contribution is 2.31. The Balaban J connectivity index is 1.64. The van der Waals surface area contributed by atoms with Crippen molar-refractivity contribution in [3.05, 3.63) is 59.9 Å². The summed E-state index contributed by atoms with van der Waals surface area (Å²) in [5.74, 6) is 1.14. The molecule has 0 bridgehead atoms. The number of nitrogens with one attached hydrogen (secondary N) is 1. The molecule has 0 aliphatic heterocycles. The highest BCUT2D eigenvalue weighted by molar-refractivity contribution is 8.01. The van der Waals surface area contributed by atoms with Crippen LogP contribution in [0.1, 0.15) is 21.7 Å². The summed E-state index contributed by atoms with van der Waals surface area (Å²) >= 11 is 2.80. The van der Waals surface area contributed by atoms with E-state index >= 15 is 0 Å². The molecule has 146 valence electrons. The number of para-hydroxylation sites is 2. The van der Waals surface area contributed by atoms with Crippen LogP contribution >= 0.6 is 23.1 Å². The van der Waals surface area contributed by atoms with Crippen LogP contribution in [0, 0.1) is 13.8 Å². The number of Topliss-reactive ketones (excluding diaryl/α,β-unsaturated/α-hetero) is 1. The monoisotopic (exact) mass is 414 g/mol. The predicted molar refractivity (Wildman–Crippen MR) is 115 cm³/mol. The average Bonchev–Trinajstić information content (AvgIpc) is 3.26. The van der Waals surface area contributed by atoms with Gasteiger partial charge in [0.1, 0.15) is 5.75 Å². The summed E-state index contributed by atoms with van der Waals surface area (Å²) in [6, 6.07) is 9.55. The Bertz CT molecular complexity index is 994. The molecule has 28 heavy (non-hydrogen) atoms. The summed E-state index contributed by atoms with van der Waals surface area (Å²) in [5, 5.41) is 12.2. The van der Waals surface area contributed by atoms with Gasteiger partial charge in [-0.3, -0.25) is 4.79 Å². The molecule has 0 spiro atoms. The van der Waals surface area contributed by atoms with Gasteiger partial charge in [-0.25, -0.2) is 0 Å². The first-order valence-corrected chi connectivity index (χ1v) is 10.5. The van der Waals surface area contributed by atoms with Gasteiger partial charge in [-0.05, 0) is 32.0 Å². The van der Waals surface area contributed by atoms with Crippen LogP contribution in [0.4, 0.5) is 10.8 Å². The molecule has 3 aromatic rings. The number of hydrogen-bond donors (Lipinski definition) is 1. The number of carbonyl (C=O) groups excluding carboxylic acids is 1. The van der Waals surface area contributed by atoms with Crippen LogP contribution in [-0.4, -0.2) is 33.4 Å². The SMILES string of the molecule is C=CCn1c(C)cc(C(=O)CSc2nnc(Nc3ccccc3OC)s2)c1C. The van der Waals surface area contributed by atoms with Crippen molar-refractivity contribution >= 4 is 39.7 Å². The van der Waals surface area contributed by atoms with Gasteiger partial charge in [0.15, 0.2) is 10.1 Å². The van der Waals surface area contributed by atoms with E-state index in [1.807, 2.05) is 50.3 Å². The lowest BCUT2D eigenvalue weighted by atomic mass is 10.2. The van der Waals surface area contributed by atoms with Gasteiger partial charge in [-0.15, -0.1) is 16.8 Å². The van der Waals surface area contributed by atoms with Crippen molar-refractivity contribution in [3.8, 4) is 5.75 Å². The number of carbonyl (C=O) groups is 1. The highest BCUT2D eigenvalue weighted by Gasteiger charge is 2.16. The number of aryl methyl sites for hydroxylation is 1. The number of thioether (sulfide) groups is 1. The van der Waals surface area contributed by atoms with E-state index in [1.54, 1.807) is 7.11 Å². The Morgan fingerprint density at radius 3 is 2.89 bits per heavy atom. The van der Waals surface area contributed by atoms with Crippen LogP contribution in [0.5, 0.6) is 5.75 Å². The third kappa shape index (κ3) is 4.45. The number of rotatable bonds is 9. The minimum absolute atomic E-state index is 0.0860.